The number of aliphatic carboxylic acids is 2. The number of amides is 9. The zero-order chi connectivity index (χ0) is 95.2. The Morgan fingerprint density at radius 2 is 0.984 bits per heavy atom. The van der Waals surface area contributed by atoms with E-state index in [9.17, 15) is 112 Å². The molecule has 126 heavy (non-hydrogen) atoms. The summed E-state index contributed by atoms with van der Waals surface area (Å²) in [6.45, 7) is 10.9. The maximum atomic E-state index is 14.5. The smallest absolute Gasteiger partial charge is 0.307 e. The first-order valence-electron chi connectivity index (χ1n) is 42.5. The number of aliphatic imine (C=N–C) groups is 1. The molecule has 0 heterocycles. The molecule has 0 bridgehead atoms. The molecule has 0 saturated heterocycles. The van der Waals surface area contributed by atoms with Crippen molar-refractivity contribution in [3.63, 3.8) is 0 Å². The minimum absolute atomic E-state index is 0.0299. The number of aliphatic hydroxyl groups is 2. The van der Waals surface area contributed by atoms with Crippen LogP contribution in [0.25, 0.3) is 0 Å². The number of aromatic hydroxyl groups is 1. The SMILES string of the molecule is CC[C@H](C)[C@H](NC(=O)[C@H](CCCN=C(N)N)CC(=O)[C@@H](N)CC(C)C)C(=O)C[C@H](C(=O)N[C@@H](CCC(N)=O)C(=O)C[C@@H](CS)C(=O)N[C@@H](CCCCC(=N)N)C(=O)C[C@@H](CO)C(=O)N[C@H](C(=O)N[C@@H](CCC(=O)O)C(=O)NCC(=O)C[C@@H](CO)C(=O)N[C@@H](CS)C(=O)CCC(=O)N[C@@H](Cc1ccccc1)C(=O)C[C@@H](Cc1ccc(O)cc1)C(=O)O)C(C)C)C(C)C. The lowest BCUT2D eigenvalue weighted by Gasteiger charge is -2.29. The molecule has 24 N–H and O–H groups in total. The summed E-state index contributed by atoms with van der Waals surface area (Å²) in [6, 6.07) is 3.47. The number of rotatable bonds is 67. The molecular weight excluding hydrogens is 1680 g/mol. The van der Waals surface area contributed by atoms with Crippen LogP contribution >= 0.6 is 25.3 Å². The number of phenols is 1. The Hall–Kier alpha value is -10.6. The Morgan fingerprint density at radius 1 is 0.460 bits per heavy atom. The first-order chi connectivity index (χ1) is 59.3. The Balaban J connectivity index is 2.29. The molecule has 0 spiro atoms. The highest BCUT2D eigenvalue weighted by molar-refractivity contribution is 7.80. The summed E-state index contributed by atoms with van der Waals surface area (Å²) in [7, 11) is 0. The molecule has 0 aromatic heterocycles. The maximum Gasteiger partial charge on any atom is 0.307 e. The van der Waals surface area contributed by atoms with Crippen LogP contribution in [0.2, 0.25) is 0 Å². The van der Waals surface area contributed by atoms with Crippen molar-refractivity contribution in [1.29, 1.82) is 5.41 Å². The number of aliphatic hydroxyl groups excluding tert-OH is 2. The maximum absolute atomic E-state index is 14.5. The second-order valence-electron chi connectivity index (χ2n) is 33.1. The lowest BCUT2D eigenvalue weighted by atomic mass is 9.84. The van der Waals surface area contributed by atoms with E-state index in [4.69, 9.17) is 34.1 Å². The summed E-state index contributed by atoms with van der Waals surface area (Å²) in [6.07, 6.45) is -5.03. The lowest BCUT2D eigenvalue weighted by molar-refractivity contribution is -0.144. The van der Waals surface area contributed by atoms with Crippen molar-refractivity contribution in [3.8, 4) is 5.75 Å². The van der Waals surface area contributed by atoms with E-state index in [0.29, 0.717) is 30.4 Å². The molecule has 9 amide bonds. The van der Waals surface area contributed by atoms with Crippen molar-refractivity contribution in [2.45, 2.75) is 245 Å². The van der Waals surface area contributed by atoms with E-state index in [2.05, 4.69) is 72.8 Å². The van der Waals surface area contributed by atoms with E-state index >= 15 is 0 Å². The van der Waals surface area contributed by atoms with Gasteiger partial charge in [-0.15, -0.1) is 0 Å². The molecule has 15 atom stereocenters. The highest BCUT2D eigenvalue weighted by Crippen LogP contribution is 2.26. The fourth-order valence-electron chi connectivity index (χ4n) is 13.7. The number of nitrogens with two attached hydrogens (primary N) is 5. The van der Waals surface area contributed by atoms with Crippen molar-refractivity contribution in [3.05, 3.63) is 65.7 Å². The number of phenolic OH excluding ortho intramolecular Hbond substituents is 1. The van der Waals surface area contributed by atoms with E-state index in [1.54, 1.807) is 58.0 Å². The number of carbonyl (C=O) groups excluding carboxylic acids is 16. The number of carboxylic acid groups (broad SMARTS) is 2. The van der Waals surface area contributed by atoms with E-state index in [-0.39, 0.29) is 105 Å². The quantitative estimate of drug-likeness (QED) is 0.0189. The molecule has 2 rings (SSSR count). The zero-order valence-corrected chi connectivity index (χ0v) is 75.0. The molecule has 702 valence electrons. The van der Waals surface area contributed by atoms with Crippen LogP contribution < -0.4 is 71.2 Å². The number of carbonyl (C=O) groups is 18. The van der Waals surface area contributed by atoms with Crippen LogP contribution in [0.1, 0.15) is 195 Å². The van der Waals surface area contributed by atoms with Gasteiger partial charge in [-0.25, -0.2) is 0 Å². The van der Waals surface area contributed by atoms with Gasteiger partial charge in [0.1, 0.15) is 23.6 Å². The Labute approximate surface area is 745 Å². The van der Waals surface area contributed by atoms with Crippen LogP contribution in [0.5, 0.6) is 5.75 Å². The number of amidine groups is 1. The molecule has 38 nitrogen and oxygen atoms in total. The van der Waals surface area contributed by atoms with Crippen molar-refractivity contribution in [2.75, 3.05) is 37.8 Å². The van der Waals surface area contributed by atoms with Crippen LogP contribution in [0, 0.1) is 64.6 Å². The number of benzene rings is 2. The van der Waals surface area contributed by atoms with Gasteiger partial charge in [0, 0.05) is 101 Å². The number of nitrogens with zero attached hydrogens (tertiary/aromatic N) is 1. The minimum Gasteiger partial charge on any atom is -0.508 e. The van der Waals surface area contributed by atoms with Crippen molar-refractivity contribution >= 4 is 143 Å². The van der Waals surface area contributed by atoms with Crippen LogP contribution in [0.3, 0.4) is 0 Å². The molecule has 40 heteroatoms. The van der Waals surface area contributed by atoms with Gasteiger partial charge in [-0.05, 0) is 105 Å². The van der Waals surface area contributed by atoms with Gasteiger partial charge < -0.3 is 96.7 Å². The lowest BCUT2D eigenvalue weighted by Crippen LogP contribution is -2.56. The van der Waals surface area contributed by atoms with Crippen LogP contribution in [0.15, 0.2) is 59.6 Å². The molecule has 0 aliphatic carbocycles. The summed E-state index contributed by atoms with van der Waals surface area (Å²) in [5, 5.41) is 78.2. The Morgan fingerprint density at radius 3 is 1.53 bits per heavy atom. The number of ketones is 7. The summed E-state index contributed by atoms with van der Waals surface area (Å²) >= 11 is 8.52. The predicted molar refractivity (Wildman–Crippen MR) is 473 cm³/mol. The molecule has 2 aromatic rings. The normalized spacial score (nSPS) is 14.9. The highest BCUT2D eigenvalue weighted by Gasteiger charge is 2.40. The molecule has 0 radical (unpaired) electrons. The number of hydrogen-bond acceptors (Lipinski definition) is 26. The van der Waals surface area contributed by atoms with Crippen molar-refractivity contribution in [1.82, 2.24) is 42.5 Å². The van der Waals surface area contributed by atoms with Crippen LogP contribution in [0.4, 0.5) is 0 Å². The Kier molecular flexibility index (Phi) is 51.9. The monoisotopic (exact) mass is 1810 g/mol. The van der Waals surface area contributed by atoms with Gasteiger partial charge in [-0.3, -0.25) is 96.7 Å². The van der Waals surface area contributed by atoms with Crippen LogP contribution in [-0.2, 0) is 99.1 Å². The molecular formula is C86H133N15O23S2. The van der Waals surface area contributed by atoms with Crippen molar-refractivity contribution in [2.24, 2.45) is 92.8 Å². The van der Waals surface area contributed by atoms with Crippen LogP contribution in [-0.4, -0.2) is 229 Å². The van der Waals surface area contributed by atoms with E-state index < -0.39 is 285 Å². The fourth-order valence-corrected chi connectivity index (χ4v) is 14.3. The van der Waals surface area contributed by atoms with Crippen molar-refractivity contribution < 1.29 is 112 Å². The van der Waals surface area contributed by atoms with Gasteiger partial charge in [-0.2, -0.15) is 25.3 Å². The highest BCUT2D eigenvalue weighted by atomic mass is 32.1. The average Bonchev–Trinajstić information content (AvgIpc) is 0.833. The second-order valence-corrected chi connectivity index (χ2v) is 33.8. The summed E-state index contributed by atoms with van der Waals surface area (Å²) < 4.78 is 0. The van der Waals surface area contributed by atoms with E-state index in [0.717, 1.165) is 0 Å². The standard InChI is InChI=1S/C86H133N15O23S2/c1-9-49(8)77(101-78(116)52(18-15-31-93-86(91)92)36-67(107)60(87)32-46(2)3)71(111)40-59(47(4)5)82(120)97-62(25-28-73(90)112)69(109)39-56(44-125)81(119)96-61(19-13-14-20-72(88)89)68(108)38-55(43-103)80(118)100-76(48(6)7)84(122)98-63(26-30-75(114)115)83(121)94-41-58(105)35-54(42-102)79(117)99-65(45-126)66(106)27-29-74(113)95-64(34-50-16-11-10-12-17-50)70(110)37-53(85(123)124)33-51-21-23-57(104)24-22-51/h10-12,16-17,21-24,46-49,52-56,59-65,76-77,102-104,125-126H,9,13-15,18-20,25-45,87H2,1-8H3,(H3,88,89)(H2,90,112)(H,94,121)(H,95,113)(H,96,119)(H,97,120)(H,98,122)(H,99,117)(H,100,118)(H,101,116)(H,114,115)(H,123,124)(H4,91,92,93)/t49-,52+,53+,54-,55-,56-,59-,60-,61-,62-,63-,64-,65-,76-,77-/m0/s1. The molecule has 0 saturated carbocycles. The molecule has 0 aliphatic rings. The molecule has 0 aliphatic heterocycles. The van der Waals surface area contributed by atoms with E-state index in [1.807, 2.05) is 13.8 Å². The number of carboxylic acids is 2. The number of guanidine groups is 1. The number of primary amides is 1. The first kappa shape index (κ1) is 111. The fraction of sp³-hybridized carbons (Fsp3) is 0.628. The molecule has 0 fully saturated rings. The van der Waals surface area contributed by atoms with Gasteiger partial charge in [0.25, 0.3) is 0 Å². The zero-order valence-electron chi connectivity index (χ0n) is 73.2. The minimum atomic E-state index is -1.72. The predicted octanol–water partition coefficient (Wildman–Crippen LogP) is 0.829. The largest absolute Gasteiger partial charge is 0.508 e. The third-order valence-corrected chi connectivity index (χ3v) is 22.3. The summed E-state index contributed by atoms with van der Waals surface area (Å²) in [5.41, 5.74) is 29.5. The first-order valence-corrected chi connectivity index (χ1v) is 43.8. The van der Waals surface area contributed by atoms with Gasteiger partial charge >= 0.3 is 11.9 Å². The Bertz CT molecular complexity index is 4040. The number of nitrogens with one attached hydrogen (secondary N) is 9. The summed E-state index contributed by atoms with van der Waals surface area (Å²) in [4.78, 5) is 250. The van der Waals surface area contributed by atoms with Gasteiger partial charge in [-0.1, -0.05) is 111 Å². The van der Waals surface area contributed by atoms with Gasteiger partial charge in [0.15, 0.2) is 40.7 Å². The molecule has 2 aromatic carbocycles. The van der Waals surface area contributed by atoms with Gasteiger partial charge in [0.05, 0.1) is 85.5 Å². The average molecular weight is 1810 g/mol. The second kappa shape index (κ2) is 58.6. The summed E-state index contributed by atoms with van der Waals surface area (Å²) in [5.74, 6) is -26.3. The van der Waals surface area contributed by atoms with Gasteiger partial charge in [0.2, 0.25) is 53.2 Å². The topological polar surface area (TPSA) is 671 Å². The number of Topliss-reactive ketones (excluding diaryl/α,β-unsaturated/α-hetero) is 7. The number of hydrogen-bond donors (Lipinski definition) is 21. The number of unbranched alkanes of at least 4 members (excludes halogenated alkanes) is 1. The third-order valence-electron chi connectivity index (χ3n) is 21.5. The molecule has 0 unspecified atom stereocenters. The number of thiol groups is 2. The third kappa shape index (κ3) is 42.6. The van der Waals surface area contributed by atoms with E-state index in [1.165, 1.54) is 38.1 Å².